The quantitative estimate of drug-likeness (QED) is 0.880. The standard InChI is InChI=1S/C11H7FN2O3/c12-7-2-3-8(10(15)16)9(6-7)17-11-13-4-1-5-14-11/h1-6H,(H,15,16). The molecule has 1 aromatic heterocycles. The average Bonchev–Trinajstić information content (AvgIpc) is 2.30. The zero-order chi connectivity index (χ0) is 12.3. The van der Waals surface area contributed by atoms with Crippen molar-refractivity contribution in [2.75, 3.05) is 0 Å². The van der Waals surface area contributed by atoms with E-state index < -0.39 is 11.8 Å². The van der Waals surface area contributed by atoms with E-state index in [1.807, 2.05) is 0 Å². The van der Waals surface area contributed by atoms with Crippen molar-refractivity contribution in [3.05, 3.63) is 48.0 Å². The van der Waals surface area contributed by atoms with Crippen molar-refractivity contribution in [1.82, 2.24) is 9.97 Å². The Morgan fingerprint density at radius 2 is 2.00 bits per heavy atom. The fraction of sp³-hybridized carbons (Fsp3) is 0. The van der Waals surface area contributed by atoms with Gasteiger partial charge in [0.1, 0.15) is 17.1 Å². The Hall–Kier alpha value is -2.50. The van der Waals surface area contributed by atoms with Gasteiger partial charge in [0.05, 0.1) is 0 Å². The van der Waals surface area contributed by atoms with Gasteiger partial charge in [-0.3, -0.25) is 0 Å². The monoisotopic (exact) mass is 234 g/mol. The molecule has 2 aromatic rings. The van der Waals surface area contributed by atoms with Crippen LogP contribution in [0.2, 0.25) is 0 Å². The Kier molecular flexibility index (Phi) is 2.95. The highest BCUT2D eigenvalue weighted by Crippen LogP contribution is 2.23. The van der Waals surface area contributed by atoms with Gasteiger partial charge in [-0.2, -0.15) is 0 Å². The minimum atomic E-state index is -1.21. The molecule has 0 bridgehead atoms. The maximum atomic E-state index is 13.0. The number of ether oxygens (including phenoxy) is 1. The molecule has 0 aliphatic heterocycles. The summed E-state index contributed by atoms with van der Waals surface area (Å²) >= 11 is 0. The molecule has 0 spiro atoms. The number of hydrogen-bond donors (Lipinski definition) is 1. The molecule has 5 nitrogen and oxygen atoms in total. The number of halogens is 1. The van der Waals surface area contributed by atoms with E-state index in [-0.39, 0.29) is 17.3 Å². The Morgan fingerprint density at radius 3 is 2.65 bits per heavy atom. The highest BCUT2D eigenvalue weighted by Gasteiger charge is 2.13. The van der Waals surface area contributed by atoms with Crippen LogP contribution in [0, 0.1) is 5.82 Å². The third-order valence-corrected chi connectivity index (χ3v) is 1.92. The van der Waals surface area contributed by atoms with E-state index in [1.54, 1.807) is 6.07 Å². The van der Waals surface area contributed by atoms with Crippen LogP contribution in [-0.2, 0) is 0 Å². The maximum Gasteiger partial charge on any atom is 0.339 e. The Bertz CT molecular complexity index is 546. The second kappa shape index (κ2) is 4.56. The number of carboxylic acid groups (broad SMARTS) is 1. The fourth-order valence-corrected chi connectivity index (χ4v) is 1.19. The van der Waals surface area contributed by atoms with Crippen LogP contribution in [0.5, 0.6) is 11.8 Å². The second-order valence-corrected chi connectivity index (χ2v) is 3.08. The van der Waals surface area contributed by atoms with Crippen molar-refractivity contribution < 1.29 is 19.0 Å². The third kappa shape index (κ3) is 2.54. The zero-order valence-corrected chi connectivity index (χ0v) is 8.50. The summed E-state index contributed by atoms with van der Waals surface area (Å²) in [6.45, 7) is 0. The maximum absolute atomic E-state index is 13.0. The van der Waals surface area contributed by atoms with Crippen LogP contribution in [-0.4, -0.2) is 21.0 Å². The van der Waals surface area contributed by atoms with Gasteiger partial charge in [0.15, 0.2) is 0 Å². The predicted octanol–water partition coefficient (Wildman–Crippen LogP) is 2.11. The van der Waals surface area contributed by atoms with Crippen molar-refractivity contribution in [2.45, 2.75) is 0 Å². The first-order chi connectivity index (χ1) is 8.16. The molecule has 0 aliphatic rings. The van der Waals surface area contributed by atoms with Crippen LogP contribution >= 0.6 is 0 Å². The zero-order valence-electron chi connectivity index (χ0n) is 8.50. The molecule has 0 aliphatic carbocycles. The fourth-order valence-electron chi connectivity index (χ4n) is 1.19. The number of aromatic nitrogens is 2. The number of carboxylic acids is 1. The van der Waals surface area contributed by atoms with Gasteiger partial charge in [-0.25, -0.2) is 19.2 Å². The van der Waals surface area contributed by atoms with E-state index in [1.165, 1.54) is 12.4 Å². The van der Waals surface area contributed by atoms with Crippen molar-refractivity contribution in [1.29, 1.82) is 0 Å². The molecule has 0 amide bonds. The molecule has 1 N–H and O–H groups in total. The highest BCUT2D eigenvalue weighted by atomic mass is 19.1. The summed E-state index contributed by atoms with van der Waals surface area (Å²) in [5.74, 6) is -1.94. The van der Waals surface area contributed by atoms with Gasteiger partial charge in [0.2, 0.25) is 0 Å². The molecule has 0 fully saturated rings. The predicted molar refractivity (Wildman–Crippen MR) is 55.5 cm³/mol. The number of aromatic carboxylic acids is 1. The van der Waals surface area contributed by atoms with Crippen molar-refractivity contribution >= 4 is 5.97 Å². The molecule has 0 atom stereocenters. The SMILES string of the molecule is O=C(O)c1ccc(F)cc1Oc1ncccn1. The number of carbonyl (C=O) groups is 1. The van der Waals surface area contributed by atoms with E-state index in [0.29, 0.717) is 0 Å². The molecule has 0 radical (unpaired) electrons. The number of nitrogens with zero attached hydrogens (tertiary/aromatic N) is 2. The summed E-state index contributed by atoms with van der Waals surface area (Å²) in [4.78, 5) is 18.4. The summed E-state index contributed by atoms with van der Waals surface area (Å²) in [5, 5.41) is 8.89. The summed E-state index contributed by atoms with van der Waals surface area (Å²) < 4.78 is 18.1. The average molecular weight is 234 g/mol. The first kappa shape index (κ1) is 11.0. The topological polar surface area (TPSA) is 72.3 Å². The highest BCUT2D eigenvalue weighted by molar-refractivity contribution is 5.90. The minimum absolute atomic E-state index is 0.0411. The van der Waals surface area contributed by atoms with Gasteiger partial charge in [0, 0.05) is 18.5 Å². The van der Waals surface area contributed by atoms with Gasteiger partial charge in [-0.1, -0.05) is 0 Å². The normalized spacial score (nSPS) is 9.94. The third-order valence-electron chi connectivity index (χ3n) is 1.92. The Balaban J connectivity index is 2.37. The lowest BCUT2D eigenvalue weighted by atomic mass is 10.2. The molecule has 86 valence electrons. The van der Waals surface area contributed by atoms with E-state index in [4.69, 9.17) is 9.84 Å². The molecule has 17 heavy (non-hydrogen) atoms. The van der Waals surface area contributed by atoms with Crippen molar-refractivity contribution in [3.8, 4) is 11.8 Å². The molecular formula is C11H7FN2O3. The van der Waals surface area contributed by atoms with Gasteiger partial charge < -0.3 is 9.84 Å². The van der Waals surface area contributed by atoms with E-state index in [2.05, 4.69) is 9.97 Å². The lowest BCUT2D eigenvalue weighted by molar-refractivity contribution is 0.0694. The molecule has 2 rings (SSSR count). The number of benzene rings is 1. The summed E-state index contributed by atoms with van der Waals surface area (Å²) in [6, 6.07) is 4.68. The van der Waals surface area contributed by atoms with Crippen molar-refractivity contribution in [3.63, 3.8) is 0 Å². The van der Waals surface area contributed by atoms with Crippen LogP contribution in [0.3, 0.4) is 0 Å². The van der Waals surface area contributed by atoms with Crippen LogP contribution in [0.1, 0.15) is 10.4 Å². The van der Waals surface area contributed by atoms with E-state index >= 15 is 0 Å². The summed E-state index contributed by atoms with van der Waals surface area (Å²) in [7, 11) is 0. The van der Waals surface area contributed by atoms with E-state index in [0.717, 1.165) is 18.2 Å². The van der Waals surface area contributed by atoms with Gasteiger partial charge >= 0.3 is 12.0 Å². The first-order valence-corrected chi connectivity index (χ1v) is 4.64. The second-order valence-electron chi connectivity index (χ2n) is 3.08. The van der Waals surface area contributed by atoms with E-state index in [9.17, 15) is 9.18 Å². The molecule has 0 saturated carbocycles. The Labute approximate surface area is 95.5 Å². The largest absolute Gasteiger partial charge is 0.478 e. The molecule has 1 heterocycles. The van der Waals surface area contributed by atoms with Crippen LogP contribution in [0.4, 0.5) is 4.39 Å². The van der Waals surface area contributed by atoms with Crippen LogP contribution in [0.15, 0.2) is 36.7 Å². The lowest BCUT2D eigenvalue weighted by Crippen LogP contribution is -2.01. The Morgan fingerprint density at radius 1 is 1.29 bits per heavy atom. The van der Waals surface area contributed by atoms with Gasteiger partial charge in [-0.15, -0.1) is 0 Å². The smallest absolute Gasteiger partial charge is 0.339 e. The number of hydrogen-bond acceptors (Lipinski definition) is 4. The first-order valence-electron chi connectivity index (χ1n) is 4.64. The minimum Gasteiger partial charge on any atom is -0.478 e. The molecular weight excluding hydrogens is 227 g/mol. The molecule has 1 aromatic carbocycles. The lowest BCUT2D eigenvalue weighted by Gasteiger charge is -2.06. The molecule has 0 unspecified atom stereocenters. The van der Waals surface area contributed by atoms with Gasteiger partial charge in [0.25, 0.3) is 0 Å². The number of rotatable bonds is 3. The molecule has 6 heteroatoms. The van der Waals surface area contributed by atoms with Crippen molar-refractivity contribution in [2.24, 2.45) is 0 Å². The summed E-state index contributed by atoms with van der Waals surface area (Å²) in [6.07, 6.45) is 2.87. The van der Waals surface area contributed by atoms with Gasteiger partial charge in [-0.05, 0) is 18.2 Å². The van der Waals surface area contributed by atoms with Crippen LogP contribution in [0.25, 0.3) is 0 Å². The molecule has 0 saturated heterocycles. The van der Waals surface area contributed by atoms with Crippen LogP contribution < -0.4 is 4.74 Å². The summed E-state index contributed by atoms with van der Waals surface area (Å²) in [5.41, 5.74) is -0.154.